The second-order valence-electron chi connectivity index (χ2n) is 7.27. The monoisotopic (exact) mass is 366 g/mol. The van der Waals surface area contributed by atoms with E-state index in [1.54, 1.807) is 6.92 Å². The van der Waals surface area contributed by atoms with Gasteiger partial charge in [0.2, 0.25) is 0 Å². The average molecular weight is 366 g/mol. The topological polar surface area (TPSA) is 70.5 Å². The first kappa shape index (κ1) is 19.1. The number of carbonyl (C=O) groups is 2. The summed E-state index contributed by atoms with van der Waals surface area (Å²) in [4.78, 5) is 30.0. The van der Waals surface area contributed by atoms with Gasteiger partial charge in [0, 0.05) is 13.1 Å². The highest BCUT2D eigenvalue weighted by Crippen LogP contribution is 2.23. The number of aromatic nitrogens is 1. The first-order valence-electron chi connectivity index (χ1n) is 9.58. The van der Waals surface area contributed by atoms with Gasteiger partial charge in [-0.1, -0.05) is 30.3 Å². The number of piperidine rings is 1. The van der Waals surface area contributed by atoms with Gasteiger partial charge in [-0.2, -0.15) is 0 Å². The van der Waals surface area contributed by atoms with Crippen molar-refractivity contribution in [3.63, 3.8) is 0 Å². The van der Waals surface area contributed by atoms with E-state index < -0.39 is 5.97 Å². The molecule has 5 nitrogen and oxygen atoms in total. The average Bonchev–Trinajstić information content (AvgIpc) is 2.68. The van der Waals surface area contributed by atoms with Crippen LogP contribution in [0.4, 0.5) is 0 Å². The fourth-order valence-corrected chi connectivity index (χ4v) is 3.79. The molecule has 0 spiro atoms. The summed E-state index contributed by atoms with van der Waals surface area (Å²) in [5.41, 5.74) is 2.22. The maximum Gasteiger partial charge on any atom is 0.337 e. The van der Waals surface area contributed by atoms with Crippen molar-refractivity contribution < 1.29 is 14.7 Å². The van der Waals surface area contributed by atoms with Crippen LogP contribution in [-0.2, 0) is 6.42 Å². The number of nitrogens with zero attached hydrogens (tertiary/aromatic N) is 2. The van der Waals surface area contributed by atoms with E-state index >= 15 is 0 Å². The van der Waals surface area contributed by atoms with Crippen molar-refractivity contribution in [2.75, 3.05) is 13.1 Å². The third-order valence-electron chi connectivity index (χ3n) is 5.26. The van der Waals surface area contributed by atoms with E-state index in [1.807, 2.05) is 11.0 Å². The molecular formula is C22H26N2O3. The summed E-state index contributed by atoms with van der Waals surface area (Å²) in [6.45, 7) is 3.13. The second kappa shape index (κ2) is 8.80. The van der Waals surface area contributed by atoms with Gasteiger partial charge in [-0.3, -0.25) is 4.79 Å². The fraction of sp³-hybridized carbons (Fsp3) is 0.409. The summed E-state index contributed by atoms with van der Waals surface area (Å²) >= 11 is 0. The van der Waals surface area contributed by atoms with Gasteiger partial charge in [0.25, 0.3) is 5.91 Å². The lowest BCUT2D eigenvalue weighted by molar-refractivity contribution is 0.0655. The molecule has 1 N–H and O–H groups in total. The highest BCUT2D eigenvalue weighted by Gasteiger charge is 2.25. The Bertz CT molecular complexity index is 804. The van der Waals surface area contributed by atoms with Gasteiger partial charge in [0.1, 0.15) is 5.69 Å². The van der Waals surface area contributed by atoms with Crippen molar-refractivity contribution in [2.24, 2.45) is 5.92 Å². The molecule has 1 fully saturated rings. The Morgan fingerprint density at radius 3 is 2.67 bits per heavy atom. The Morgan fingerprint density at radius 1 is 1.19 bits per heavy atom. The first-order valence-corrected chi connectivity index (χ1v) is 9.58. The second-order valence-corrected chi connectivity index (χ2v) is 7.27. The van der Waals surface area contributed by atoms with Gasteiger partial charge in [-0.25, -0.2) is 9.78 Å². The molecule has 2 heterocycles. The molecule has 1 aliphatic rings. The summed E-state index contributed by atoms with van der Waals surface area (Å²) in [7, 11) is 0. The largest absolute Gasteiger partial charge is 0.478 e. The van der Waals surface area contributed by atoms with Crippen LogP contribution >= 0.6 is 0 Å². The molecule has 1 saturated heterocycles. The van der Waals surface area contributed by atoms with E-state index in [0.29, 0.717) is 17.3 Å². The molecule has 1 aromatic heterocycles. The summed E-state index contributed by atoms with van der Waals surface area (Å²) in [5.74, 6) is -0.593. The lowest BCUT2D eigenvalue weighted by atomic mass is 9.91. The molecule has 1 unspecified atom stereocenters. The van der Waals surface area contributed by atoms with Crippen molar-refractivity contribution in [3.05, 3.63) is 65.0 Å². The standard InChI is InChI=1S/C22H26N2O3/c1-16-19(22(26)27)12-13-20(23-16)21(25)24-14-6-11-18(15-24)10-5-9-17-7-3-2-4-8-17/h2-4,7-8,12-13,18H,5-6,9-11,14-15H2,1H3,(H,26,27). The molecule has 3 rings (SSSR count). The van der Waals surface area contributed by atoms with E-state index in [-0.39, 0.29) is 11.5 Å². The maximum absolute atomic E-state index is 12.8. The van der Waals surface area contributed by atoms with Crippen LogP contribution in [0.5, 0.6) is 0 Å². The van der Waals surface area contributed by atoms with Crippen molar-refractivity contribution in [3.8, 4) is 0 Å². The van der Waals surface area contributed by atoms with Crippen molar-refractivity contribution in [1.82, 2.24) is 9.88 Å². The van der Waals surface area contributed by atoms with Crippen molar-refractivity contribution in [2.45, 2.75) is 39.0 Å². The van der Waals surface area contributed by atoms with Gasteiger partial charge in [0.15, 0.2) is 0 Å². The van der Waals surface area contributed by atoms with Crippen LogP contribution in [0.2, 0.25) is 0 Å². The van der Waals surface area contributed by atoms with Crippen molar-refractivity contribution in [1.29, 1.82) is 0 Å². The Labute approximate surface area is 160 Å². The number of carboxylic acids is 1. The molecule has 27 heavy (non-hydrogen) atoms. The normalized spacial score (nSPS) is 16.9. The highest BCUT2D eigenvalue weighted by atomic mass is 16.4. The quantitative estimate of drug-likeness (QED) is 0.840. The summed E-state index contributed by atoms with van der Waals surface area (Å²) in [6, 6.07) is 13.5. The van der Waals surface area contributed by atoms with E-state index in [2.05, 4.69) is 29.2 Å². The minimum Gasteiger partial charge on any atom is -0.478 e. The third kappa shape index (κ3) is 4.94. The van der Waals surface area contributed by atoms with Gasteiger partial charge in [-0.05, 0) is 62.6 Å². The minimum absolute atomic E-state index is 0.0946. The summed E-state index contributed by atoms with van der Waals surface area (Å²) in [6.07, 6.45) is 5.48. The minimum atomic E-state index is -1.02. The van der Waals surface area contributed by atoms with Crippen LogP contribution in [0.25, 0.3) is 0 Å². The van der Waals surface area contributed by atoms with E-state index in [0.717, 1.165) is 45.2 Å². The smallest absolute Gasteiger partial charge is 0.337 e. The number of aromatic carboxylic acids is 1. The number of carboxylic acid groups (broad SMARTS) is 1. The number of hydrogen-bond donors (Lipinski definition) is 1. The predicted octanol–water partition coefficient (Wildman–Crippen LogP) is 3.96. The molecule has 0 radical (unpaired) electrons. The molecule has 1 amide bonds. The fourth-order valence-electron chi connectivity index (χ4n) is 3.79. The number of hydrogen-bond acceptors (Lipinski definition) is 3. The van der Waals surface area contributed by atoms with Gasteiger partial charge < -0.3 is 10.0 Å². The zero-order valence-electron chi connectivity index (χ0n) is 15.7. The van der Waals surface area contributed by atoms with E-state index in [9.17, 15) is 9.59 Å². The molecule has 1 aromatic carbocycles. The Balaban J connectivity index is 1.56. The van der Waals surface area contributed by atoms with Crippen LogP contribution in [0.1, 0.15) is 57.8 Å². The lowest BCUT2D eigenvalue weighted by Crippen LogP contribution is -2.40. The number of pyridine rings is 1. The molecule has 2 aromatic rings. The maximum atomic E-state index is 12.8. The number of likely N-dealkylation sites (tertiary alicyclic amines) is 1. The van der Waals surface area contributed by atoms with Gasteiger partial charge in [0.05, 0.1) is 11.3 Å². The number of rotatable bonds is 6. The SMILES string of the molecule is Cc1nc(C(=O)N2CCCC(CCCc3ccccc3)C2)ccc1C(=O)O. The van der Waals surface area contributed by atoms with Crippen molar-refractivity contribution >= 4 is 11.9 Å². The Morgan fingerprint density at radius 2 is 1.96 bits per heavy atom. The predicted molar refractivity (Wildman–Crippen MR) is 104 cm³/mol. The molecule has 0 bridgehead atoms. The summed E-state index contributed by atoms with van der Waals surface area (Å²) < 4.78 is 0. The number of benzene rings is 1. The van der Waals surface area contributed by atoms with Crippen LogP contribution in [0.15, 0.2) is 42.5 Å². The number of aryl methyl sites for hydroxylation is 2. The van der Waals surface area contributed by atoms with Gasteiger partial charge >= 0.3 is 5.97 Å². The Kier molecular flexibility index (Phi) is 6.22. The molecular weight excluding hydrogens is 340 g/mol. The molecule has 1 atom stereocenters. The lowest BCUT2D eigenvalue weighted by Gasteiger charge is -2.32. The molecule has 142 valence electrons. The van der Waals surface area contributed by atoms with Crippen LogP contribution in [0, 0.1) is 12.8 Å². The van der Waals surface area contributed by atoms with E-state index in [1.165, 1.54) is 17.7 Å². The summed E-state index contributed by atoms with van der Waals surface area (Å²) in [5, 5.41) is 9.11. The van der Waals surface area contributed by atoms with Crippen LogP contribution in [-0.4, -0.2) is 40.0 Å². The molecule has 1 aliphatic heterocycles. The molecule has 5 heteroatoms. The molecule has 0 saturated carbocycles. The highest BCUT2D eigenvalue weighted by molar-refractivity contribution is 5.94. The number of carbonyl (C=O) groups excluding carboxylic acids is 1. The van der Waals surface area contributed by atoms with Crippen LogP contribution in [0.3, 0.4) is 0 Å². The zero-order valence-corrected chi connectivity index (χ0v) is 15.7. The number of amides is 1. The van der Waals surface area contributed by atoms with Crippen LogP contribution < -0.4 is 0 Å². The van der Waals surface area contributed by atoms with Gasteiger partial charge in [-0.15, -0.1) is 0 Å². The molecule has 0 aliphatic carbocycles. The zero-order chi connectivity index (χ0) is 19.2. The third-order valence-corrected chi connectivity index (χ3v) is 5.26. The first-order chi connectivity index (χ1) is 13.0. The Hall–Kier alpha value is -2.69. The van der Waals surface area contributed by atoms with E-state index in [4.69, 9.17) is 5.11 Å².